The first-order valence-electron chi connectivity index (χ1n) is 8.66. The molecule has 2 atom stereocenters. The van der Waals surface area contributed by atoms with Gasteiger partial charge < -0.3 is 15.5 Å². The smallest absolute Gasteiger partial charge is 0.226 e. The molecule has 2 aromatic rings. The Kier molecular flexibility index (Phi) is 5.30. The lowest BCUT2D eigenvalue weighted by molar-refractivity contribution is -0.126. The van der Waals surface area contributed by atoms with E-state index in [1.54, 1.807) is 6.26 Å². The van der Waals surface area contributed by atoms with Gasteiger partial charge in [0.1, 0.15) is 6.26 Å². The summed E-state index contributed by atoms with van der Waals surface area (Å²) in [7, 11) is 0. The number of nitrogens with one attached hydrogen (secondary N) is 1. The number of rotatable bonds is 5. The largest absolute Gasteiger partial charge is 0.444 e. The van der Waals surface area contributed by atoms with Crippen LogP contribution in [-0.2, 0) is 11.2 Å². The summed E-state index contributed by atoms with van der Waals surface area (Å²) in [6.07, 6.45) is 6.15. The average molecular weight is 327 g/mol. The van der Waals surface area contributed by atoms with Crippen LogP contribution in [-0.4, -0.2) is 23.5 Å². The Morgan fingerprint density at radius 3 is 2.88 bits per heavy atom. The first-order chi connectivity index (χ1) is 11.6. The minimum atomic E-state index is 0.0641. The third-order valence-corrected chi connectivity index (χ3v) is 4.62. The Hall–Kier alpha value is -2.14. The molecule has 1 aliphatic carbocycles. The molecule has 5 nitrogen and oxygen atoms in total. The van der Waals surface area contributed by atoms with Gasteiger partial charge in [-0.2, -0.15) is 0 Å². The van der Waals surface area contributed by atoms with Crippen LogP contribution in [0.5, 0.6) is 0 Å². The standard InChI is InChI=1S/C19H25N3O2/c1-13-5-7-14(8-6-13)19-22-17(12-24-19)9-10-21-18(23)15-3-2-4-16(20)11-15/h5-8,12,15-16H,2-4,9-11,20H2,1H3,(H,21,23). The molecule has 1 heterocycles. The van der Waals surface area contributed by atoms with Crippen molar-refractivity contribution in [3.8, 4) is 11.5 Å². The Morgan fingerprint density at radius 2 is 2.12 bits per heavy atom. The second-order valence-electron chi connectivity index (χ2n) is 6.67. The normalized spacial score (nSPS) is 20.8. The molecule has 2 unspecified atom stereocenters. The second-order valence-corrected chi connectivity index (χ2v) is 6.67. The summed E-state index contributed by atoms with van der Waals surface area (Å²) in [5, 5.41) is 3.00. The number of aryl methyl sites for hydroxylation is 1. The molecule has 3 rings (SSSR count). The zero-order chi connectivity index (χ0) is 16.9. The summed E-state index contributed by atoms with van der Waals surface area (Å²) in [6.45, 7) is 2.62. The Balaban J connectivity index is 1.49. The zero-order valence-corrected chi connectivity index (χ0v) is 14.1. The molecule has 1 aliphatic rings. The van der Waals surface area contributed by atoms with Gasteiger partial charge in [-0.15, -0.1) is 0 Å². The molecule has 0 bridgehead atoms. The SMILES string of the molecule is Cc1ccc(-c2nc(CCNC(=O)C3CCCC(N)C3)co2)cc1. The highest BCUT2D eigenvalue weighted by atomic mass is 16.3. The lowest BCUT2D eigenvalue weighted by atomic mass is 9.85. The summed E-state index contributed by atoms with van der Waals surface area (Å²) >= 11 is 0. The summed E-state index contributed by atoms with van der Waals surface area (Å²) in [6, 6.07) is 8.24. The van der Waals surface area contributed by atoms with Crippen molar-refractivity contribution in [1.82, 2.24) is 10.3 Å². The van der Waals surface area contributed by atoms with Gasteiger partial charge in [0, 0.05) is 30.5 Å². The zero-order valence-electron chi connectivity index (χ0n) is 14.1. The van der Waals surface area contributed by atoms with Crippen LogP contribution >= 0.6 is 0 Å². The minimum Gasteiger partial charge on any atom is -0.444 e. The van der Waals surface area contributed by atoms with Crippen molar-refractivity contribution in [2.24, 2.45) is 11.7 Å². The Bertz CT molecular complexity index is 678. The van der Waals surface area contributed by atoms with Crippen LogP contribution in [0.15, 0.2) is 34.9 Å². The number of aromatic nitrogens is 1. The number of benzene rings is 1. The Morgan fingerprint density at radius 1 is 1.33 bits per heavy atom. The monoisotopic (exact) mass is 327 g/mol. The number of carbonyl (C=O) groups is 1. The number of hydrogen-bond donors (Lipinski definition) is 2. The van der Waals surface area contributed by atoms with Crippen molar-refractivity contribution >= 4 is 5.91 Å². The van der Waals surface area contributed by atoms with Gasteiger partial charge >= 0.3 is 0 Å². The van der Waals surface area contributed by atoms with Gasteiger partial charge in [0.15, 0.2) is 0 Å². The summed E-state index contributed by atoms with van der Waals surface area (Å²) in [5.74, 6) is 0.802. The number of carbonyl (C=O) groups excluding carboxylic acids is 1. The lowest BCUT2D eigenvalue weighted by Crippen LogP contribution is -2.38. The van der Waals surface area contributed by atoms with Crippen molar-refractivity contribution in [2.45, 2.75) is 45.1 Å². The van der Waals surface area contributed by atoms with Crippen molar-refractivity contribution in [3.63, 3.8) is 0 Å². The lowest BCUT2D eigenvalue weighted by Gasteiger charge is -2.25. The van der Waals surface area contributed by atoms with E-state index in [2.05, 4.69) is 10.3 Å². The highest BCUT2D eigenvalue weighted by Gasteiger charge is 2.24. The molecule has 5 heteroatoms. The summed E-state index contributed by atoms with van der Waals surface area (Å²) in [5.41, 5.74) is 8.97. The van der Waals surface area contributed by atoms with Gasteiger partial charge in [-0.3, -0.25) is 4.79 Å². The van der Waals surface area contributed by atoms with E-state index in [1.165, 1.54) is 5.56 Å². The summed E-state index contributed by atoms with van der Waals surface area (Å²) in [4.78, 5) is 16.7. The van der Waals surface area contributed by atoms with Crippen LogP contribution in [0.4, 0.5) is 0 Å². The Labute approximate surface area is 142 Å². The molecule has 0 aliphatic heterocycles. The molecular weight excluding hydrogens is 302 g/mol. The maximum atomic E-state index is 12.2. The molecule has 1 saturated carbocycles. The van der Waals surface area contributed by atoms with Gasteiger partial charge in [0.05, 0.1) is 5.69 Å². The third kappa shape index (κ3) is 4.23. The average Bonchev–Trinajstić information content (AvgIpc) is 3.04. The number of nitrogens with zero attached hydrogens (tertiary/aromatic N) is 1. The van der Waals surface area contributed by atoms with E-state index in [1.807, 2.05) is 31.2 Å². The van der Waals surface area contributed by atoms with E-state index >= 15 is 0 Å². The molecule has 3 N–H and O–H groups in total. The van der Waals surface area contributed by atoms with E-state index in [0.717, 1.165) is 36.9 Å². The maximum absolute atomic E-state index is 12.2. The molecular formula is C19H25N3O2. The van der Waals surface area contributed by atoms with E-state index < -0.39 is 0 Å². The second kappa shape index (κ2) is 7.62. The van der Waals surface area contributed by atoms with Gasteiger partial charge in [0.2, 0.25) is 11.8 Å². The van der Waals surface area contributed by atoms with Crippen LogP contribution in [0, 0.1) is 12.8 Å². The minimum absolute atomic E-state index is 0.0641. The molecule has 0 spiro atoms. The summed E-state index contributed by atoms with van der Waals surface area (Å²) < 4.78 is 5.54. The predicted octanol–water partition coefficient (Wildman–Crippen LogP) is 2.83. The van der Waals surface area contributed by atoms with Crippen molar-refractivity contribution in [1.29, 1.82) is 0 Å². The number of oxazole rings is 1. The van der Waals surface area contributed by atoms with Crippen LogP contribution in [0.2, 0.25) is 0 Å². The number of amides is 1. The first kappa shape index (κ1) is 16.7. The highest BCUT2D eigenvalue weighted by Crippen LogP contribution is 2.23. The fourth-order valence-corrected chi connectivity index (χ4v) is 3.17. The van der Waals surface area contributed by atoms with Crippen molar-refractivity contribution < 1.29 is 9.21 Å². The highest BCUT2D eigenvalue weighted by molar-refractivity contribution is 5.78. The van der Waals surface area contributed by atoms with E-state index in [9.17, 15) is 4.79 Å². The van der Waals surface area contributed by atoms with Crippen molar-refractivity contribution in [2.75, 3.05) is 6.54 Å². The van der Waals surface area contributed by atoms with Gasteiger partial charge in [-0.25, -0.2) is 4.98 Å². The van der Waals surface area contributed by atoms with E-state index in [0.29, 0.717) is 18.9 Å². The van der Waals surface area contributed by atoms with Crippen molar-refractivity contribution in [3.05, 3.63) is 41.8 Å². The molecule has 1 amide bonds. The molecule has 0 saturated heterocycles. The fraction of sp³-hybridized carbons (Fsp3) is 0.474. The molecule has 1 fully saturated rings. The van der Waals surface area contributed by atoms with E-state index in [4.69, 9.17) is 10.2 Å². The molecule has 1 aromatic heterocycles. The molecule has 24 heavy (non-hydrogen) atoms. The van der Waals surface area contributed by atoms with Gasteiger partial charge in [-0.05, 0) is 38.3 Å². The quantitative estimate of drug-likeness (QED) is 0.885. The van der Waals surface area contributed by atoms with Gasteiger partial charge in [-0.1, -0.05) is 24.1 Å². The van der Waals surface area contributed by atoms with E-state index in [-0.39, 0.29) is 17.9 Å². The molecule has 128 valence electrons. The third-order valence-electron chi connectivity index (χ3n) is 4.62. The predicted molar refractivity (Wildman–Crippen MR) is 93.3 cm³/mol. The van der Waals surface area contributed by atoms with Crippen LogP contribution in [0.3, 0.4) is 0 Å². The number of hydrogen-bond acceptors (Lipinski definition) is 4. The van der Waals surface area contributed by atoms with Gasteiger partial charge in [0.25, 0.3) is 0 Å². The van der Waals surface area contributed by atoms with Crippen LogP contribution < -0.4 is 11.1 Å². The number of nitrogens with two attached hydrogens (primary N) is 1. The maximum Gasteiger partial charge on any atom is 0.226 e. The fourth-order valence-electron chi connectivity index (χ4n) is 3.17. The van der Waals surface area contributed by atoms with Crippen LogP contribution in [0.1, 0.15) is 36.9 Å². The first-order valence-corrected chi connectivity index (χ1v) is 8.66. The van der Waals surface area contributed by atoms with Crippen LogP contribution in [0.25, 0.3) is 11.5 Å². The topological polar surface area (TPSA) is 81.2 Å². The molecule has 0 radical (unpaired) electrons. The molecule has 1 aromatic carbocycles.